The predicted molar refractivity (Wildman–Crippen MR) is 81.7 cm³/mol. The van der Waals surface area contributed by atoms with Crippen LogP contribution < -0.4 is 8.61 Å². The zero-order valence-electron chi connectivity index (χ0n) is 13.2. The number of amides is 2. The van der Waals surface area contributed by atoms with E-state index in [1.54, 1.807) is 26.8 Å². The first-order valence-corrected chi connectivity index (χ1v) is 16.5. The Labute approximate surface area is 128 Å². The number of carbonyl (C=O) groups excluding carboxylic acids is 1. The van der Waals surface area contributed by atoms with E-state index in [0.717, 1.165) is 3.71 Å². The van der Waals surface area contributed by atoms with Gasteiger partial charge in [-0.1, -0.05) is 0 Å². The van der Waals surface area contributed by atoms with Crippen LogP contribution in [0.1, 0.15) is 20.8 Å². The Balaban J connectivity index is 3.19. The van der Waals surface area contributed by atoms with Crippen molar-refractivity contribution in [1.29, 1.82) is 0 Å². The van der Waals surface area contributed by atoms with Gasteiger partial charge in [-0.2, -0.15) is 0 Å². The Hall–Kier alpha value is -1.38. The molecule has 21 heavy (non-hydrogen) atoms. The number of ether oxygens (including phenoxy) is 1. The average Bonchev–Trinajstić information content (AvgIpc) is 2.25. The van der Waals surface area contributed by atoms with Crippen LogP contribution >= 0.6 is 0 Å². The van der Waals surface area contributed by atoms with Gasteiger partial charge in [0, 0.05) is 0 Å². The molecule has 0 aliphatic carbocycles. The second kappa shape index (κ2) is 6.16. The molecule has 1 aromatic heterocycles. The number of rotatable bonds is 2. The van der Waals surface area contributed by atoms with Crippen LogP contribution in [0.5, 0.6) is 0 Å². The van der Waals surface area contributed by atoms with Crippen LogP contribution in [0, 0.1) is 0 Å². The zero-order chi connectivity index (χ0) is 16.4. The van der Waals surface area contributed by atoms with Gasteiger partial charge in [-0.3, -0.25) is 0 Å². The second-order valence-corrected chi connectivity index (χ2v) is 20.9. The van der Waals surface area contributed by atoms with Gasteiger partial charge in [0.15, 0.2) is 0 Å². The van der Waals surface area contributed by atoms with E-state index in [1.807, 2.05) is 0 Å². The summed E-state index contributed by atoms with van der Waals surface area (Å²) in [6.07, 6.45) is -0.998. The molecule has 2 amide bonds. The molecule has 116 valence electrons. The number of carboxylic acid groups (broad SMARTS) is 1. The van der Waals surface area contributed by atoms with Crippen molar-refractivity contribution in [3.05, 3.63) is 12.3 Å². The fourth-order valence-corrected chi connectivity index (χ4v) is 4.31. The standard InChI is InChI=1S/C10H12N3O4.3CH3.Sn/c1-10(2,3)17-9(16)13(8(14)15)7-11-5-4-6-12-7;;;;/h4-5H,1-3H3,(H,14,15);3*1H3;. The monoisotopic (exact) mass is 403 g/mol. The molecule has 1 N–H and O–H groups in total. The number of aromatic nitrogens is 2. The molecule has 0 aliphatic rings. The Morgan fingerprint density at radius 2 is 1.86 bits per heavy atom. The molecule has 0 bridgehead atoms. The number of imide groups is 1. The van der Waals surface area contributed by atoms with Crippen LogP contribution in [0.3, 0.4) is 0 Å². The van der Waals surface area contributed by atoms with Crippen molar-refractivity contribution in [2.75, 3.05) is 4.90 Å². The molecule has 1 rings (SSSR count). The summed E-state index contributed by atoms with van der Waals surface area (Å²) in [5, 5.41) is 9.25. The van der Waals surface area contributed by atoms with E-state index >= 15 is 0 Å². The van der Waals surface area contributed by atoms with Crippen molar-refractivity contribution in [2.45, 2.75) is 41.2 Å². The average molecular weight is 402 g/mol. The fourth-order valence-electron chi connectivity index (χ4n) is 1.43. The van der Waals surface area contributed by atoms with E-state index in [0.29, 0.717) is 4.90 Å². The van der Waals surface area contributed by atoms with Gasteiger partial charge in [0.25, 0.3) is 0 Å². The van der Waals surface area contributed by atoms with Gasteiger partial charge >= 0.3 is 128 Å². The molecule has 0 radical (unpaired) electrons. The van der Waals surface area contributed by atoms with Crippen LogP contribution in [0.25, 0.3) is 0 Å². The molecule has 1 heterocycles. The zero-order valence-corrected chi connectivity index (χ0v) is 16.0. The molecule has 1 aromatic rings. The normalized spacial score (nSPS) is 11.9. The quantitative estimate of drug-likeness (QED) is 0.765. The third-order valence-corrected chi connectivity index (χ3v) is 7.56. The summed E-state index contributed by atoms with van der Waals surface area (Å²) in [7, 11) is 0. The van der Waals surface area contributed by atoms with Gasteiger partial charge in [-0.25, -0.2) is 0 Å². The Kier molecular flexibility index (Phi) is 5.19. The summed E-state index contributed by atoms with van der Waals surface area (Å²) in [6, 6.07) is 1.77. The summed E-state index contributed by atoms with van der Waals surface area (Å²) in [6.45, 7) is 4.98. The van der Waals surface area contributed by atoms with E-state index in [4.69, 9.17) is 4.74 Å². The predicted octanol–water partition coefficient (Wildman–Crippen LogP) is 2.44. The maximum absolute atomic E-state index is 12.0. The number of anilines is 1. The van der Waals surface area contributed by atoms with Gasteiger partial charge in [0.05, 0.1) is 0 Å². The van der Waals surface area contributed by atoms with Crippen molar-refractivity contribution < 1.29 is 19.4 Å². The second-order valence-electron chi connectivity index (χ2n) is 6.59. The molecule has 8 heteroatoms. The Morgan fingerprint density at radius 1 is 1.29 bits per heavy atom. The van der Waals surface area contributed by atoms with Crippen molar-refractivity contribution >= 4 is 40.2 Å². The first-order valence-electron chi connectivity index (χ1n) is 6.51. The molecule has 0 spiro atoms. The van der Waals surface area contributed by atoms with Crippen LogP contribution in [-0.2, 0) is 4.74 Å². The third-order valence-electron chi connectivity index (χ3n) is 2.38. The summed E-state index contributed by atoms with van der Waals surface area (Å²) in [5.41, 5.74) is -0.800. The molecule has 0 aromatic carbocycles. The van der Waals surface area contributed by atoms with Gasteiger partial charge < -0.3 is 0 Å². The topological polar surface area (TPSA) is 92.6 Å². The number of hydrogen-bond acceptors (Lipinski definition) is 5. The molecule has 0 saturated carbocycles. The van der Waals surface area contributed by atoms with E-state index in [1.165, 1.54) is 6.20 Å². The van der Waals surface area contributed by atoms with Gasteiger partial charge in [-0.05, 0) is 0 Å². The number of nitrogens with zero attached hydrogens (tertiary/aromatic N) is 3. The fraction of sp³-hybridized carbons (Fsp3) is 0.538. The van der Waals surface area contributed by atoms with E-state index in [2.05, 4.69) is 24.8 Å². The van der Waals surface area contributed by atoms with Crippen molar-refractivity contribution in [3.63, 3.8) is 0 Å². The minimum atomic E-state index is -2.49. The number of carbonyl (C=O) groups is 2. The third kappa shape index (κ3) is 5.14. The number of hydrogen-bond donors (Lipinski definition) is 1. The van der Waals surface area contributed by atoms with Gasteiger partial charge in [0.2, 0.25) is 0 Å². The first-order chi connectivity index (χ1) is 9.42. The van der Waals surface area contributed by atoms with Crippen LogP contribution in [0.4, 0.5) is 15.5 Å². The summed E-state index contributed by atoms with van der Waals surface area (Å²) < 4.78 is 5.92. The Morgan fingerprint density at radius 3 is 2.29 bits per heavy atom. The summed E-state index contributed by atoms with van der Waals surface area (Å²) in [4.78, 5) is 38.4. The van der Waals surface area contributed by atoms with E-state index in [-0.39, 0.29) is 5.95 Å². The molecule has 0 atom stereocenters. The van der Waals surface area contributed by atoms with Crippen molar-refractivity contribution in [2.24, 2.45) is 0 Å². The summed E-state index contributed by atoms with van der Waals surface area (Å²) in [5.74, 6) is -0.166. The van der Waals surface area contributed by atoms with E-state index in [9.17, 15) is 14.7 Å². The van der Waals surface area contributed by atoms with Crippen molar-refractivity contribution in [3.8, 4) is 0 Å². The van der Waals surface area contributed by atoms with Crippen LogP contribution in [-0.4, -0.2) is 51.2 Å². The SMILES string of the molecule is CC(C)(C)OC(=O)N(C(=O)O)c1ncc[c]([Sn]([CH3])([CH3])[CH3])n1. The van der Waals surface area contributed by atoms with Crippen LogP contribution in [0.2, 0.25) is 14.8 Å². The Bertz CT molecular complexity index is 549. The van der Waals surface area contributed by atoms with Gasteiger partial charge in [0.1, 0.15) is 0 Å². The first kappa shape index (κ1) is 17.7. The minimum absolute atomic E-state index is 0.166. The van der Waals surface area contributed by atoms with Crippen LogP contribution in [0.15, 0.2) is 12.3 Å². The van der Waals surface area contributed by atoms with E-state index < -0.39 is 36.2 Å². The summed E-state index contributed by atoms with van der Waals surface area (Å²) >= 11 is -2.49. The molecular formula is C13H21N3O4Sn. The molecule has 0 aliphatic heterocycles. The molecular weight excluding hydrogens is 381 g/mol. The molecule has 0 unspecified atom stereocenters. The molecule has 7 nitrogen and oxygen atoms in total. The molecule has 0 fully saturated rings. The maximum atomic E-state index is 12.0. The van der Waals surface area contributed by atoms with Gasteiger partial charge in [-0.15, -0.1) is 0 Å². The van der Waals surface area contributed by atoms with Crippen molar-refractivity contribution in [1.82, 2.24) is 9.97 Å². The molecule has 0 saturated heterocycles.